The summed E-state index contributed by atoms with van der Waals surface area (Å²) in [5.41, 5.74) is 18.4. The maximum atomic E-state index is 2.80. The fourth-order valence-corrected chi connectivity index (χ4v) is 12.0. The second kappa shape index (κ2) is 14.6. The van der Waals surface area contributed by atoms with Gasteiger partial charge in [0.05, 0.1) is 39.0 Å². The van der Waals surface area contributed by atoms with Crippen LogP contribution in [-0.4, -0.2) is 14.7 Å². The molecule has 0 amide bonds. The van der Waals surface area contributed by atoms with Crippen LogP contribution in [0.1, 0.15) is 177 Å². The van der Waals surface area contributed by atoms with Crippen LogP contribution in [0.4, 0.5) is 11.4 Å². The number of hydrogen-bond acceptors (Lipinski definition) is 1. The number of hydrogen-bond donors (Lipinski definition) is 0. The molecule has 3 nitrogen and oxygen atoms in total. The van der Waals surface area contributed by atoms with Crippen molar-refractivity contribution < 1.29 is 0 Å². The first-order chi connectivity index (χ1) is 31.1. The van der Waals surface area contributed by atoms with Gasteiger partial charge in [-0.25, -0.2) is 0 Å². The lowest BCUT2D eigenvalue weighted by Gasteiger charge is -2.50. The summed E-state index contributed by atoms with van der Waals surface area (Å²) in [7, 11) is 0. The van der Waals surface area contributed by atoms with Crippen LogP contribution in [-0.2, 0) is 32.5 Å². The molecular weight excluding hydrogens is 811 g/mol. The third kappa shape index (κ3) is 7.10. The largest absolute Gasteiger partial charge is 0.334 e. The van der Waals surface area contributed by atoms with Gasteiger partial charge in [-0.1, -0.05) is 160 Å². The summed E-state index contributed by atoms with van der Waals surface area (Å²) >= 11 is 0. The minimum atomic E-state index is -0.117. The van der Waals surface area contributed by atoms with E-state index < -0.39 is 0 Å². The van der Waals surface area contributed by atoms with Gasteiger partial charge < -0.3 is 14.0 Å². The van der Waals surface area contributed by atoms with Gasteiger partial charge >= 0.3 is 0 Å². The van der Waals surface area contributed by atoms with E-state index in [0.29, 0.717) is 0 Å². The van der Waals surface area contributed by atoms with E-state index in [2.05, 4.69) is 241 Å². The number of anilines is 2. The van der Waals surface area contributed by atoms with E-state index in [1.807, 2.05) is 0 Å². The van der Waals surface area contributed by atoms with E-state index in [1.54, 1.807) is 0 Å². The Balaban J connectivity index is 1.34. The smallest absolute Gasteiger partial charge is 0.0541 e. The van der Waals surface area contributed by atoms with Crippen LogP contribution in [0.3, 0.4) is 0 Å². The van der Waals surface area contributed by atoms with E-state index >= 15 is 0 Å². The molecule has 67 heavy (non-hydrogen) atoms. The highest BCUT2D eigenvalue weighted by Gasteiger charge is 2.58. The fourth-order valence-electron chi connectivity index (χ4n) is 12.0. The summed E-state index contributed by atoms with van der Waals surface area (Å²) in [5.74, 6) is 0. The van der Waals surface area contributed by atoms with Crippen molar-refractivity contribution in [2.45, 2.75) is 181 Å². The highest BCUT2D eigenvalue weighted by molar-refractivity contribution is 6.11. The normalized spacial score (nSPS) is 19.6. The number of fused-ring (bicyclic) bond motifs is 9. The zero-order valence-electron chi connectivity index (χ0n) is 44.1. The molecule has 6 aromatic carbocycles. The minimum absolute atomic E-state index is 0.00285. The van der Waals surface area contributed by atoms with Gasteiger partial charge in [-0.2, -0.15) is 0 Å². The van der Waals surface area contributed by atoms with E-state index in [1.165, 1.54) is 119 Å². The van der Waals surface area contributed by atoms with Gasteiger partial charge in [-0.05, 0) is 153 Å². The molecule has 2 aliphatic rings. The Labute approximate surface area is 402 Å². The molecule has 0 bridgehead atoms. The molecule has 1 aliphatic heterocycles. The zero-order valence-corrected chi connectivity index (χ0v) is 44.1. The standard InChI is InChI=1S/C64H77N3/c1-58(2,3)40-20-25-53-48(32-40)49-33-41(59(4,5)6)21-26-54(49)65(53)45-37-46(66-55-27-22-42(60(7,8)9)34-50(55)51-35-43(61(10,11)12)23-28-56(51)66)39-47(38-45)67-57-29-24-44(62(13,14)15)36-52(57)63(16)30-18-19-31-64(63,67)17/h20-29,32-39H,18-19,30-31H2,1-17H3. The molecule has 8 aromatic rings. The first kappa shape index (κ1) is 45.5. The molecule has 0 radical (unpaired) electrons. The summed E-state index contributed by atoms with van der Waals surface area (Å²) in [4.78, 5) is 2.80. The average molecular weight is 888 g/mol. The van der Waals surface area contributed by atoms with Crippen molar-refractivity contribution in [3.05, 3.63) is 143 Å². The molecule has 1 fully saturated rings. The number of aromatic nitrogens is 2. The van der Waals surface area contributed by atoms with Crippen molar-refractivity contribution in [3.8, 4) is 11.4 Å². The summed E-state index contributed by atoms with van der Waals surface area (Å²) in [6, 6.07) is 44.1. The van der Waals surface area contributed by atoms with Crippen molar-refractivity contribution in [2.24, 2.45) is 0 Å². The predicted octanol–water partition coefficient (Wildman–Crippen LogP) is 18.1. The van der Waals surface area contributed by atoms with E-state index in [4.69, 9.17) is 0 Å². The summed E-state index contributed by atoms with van der Waals surface area (Å²) in [6.07, 6.45) is 4.82. The molecular formula is C64H77N3. The van der Waals surface area contributed by atoms with Crippen molar-refractivity contribution in [3.63, 3.8) is 0 Å². The lowest BCUT2D eigenvalue weighted by atomic mass is 9.61. The van der Waals surface area contributed by atoms with Crippen LogP contribution in [0.25, 0.3) is 55.0 Å². The van der Waals surface area contributed by atoms with Crippen LogP contribution < -0.4 is 4.90 Å². The molecule has 2 atom stereocenters. The summed E-state index contributed by atoms with van der Waals surface area (Å²) in [6.45, 7) is 40.3. The maximum absolute atomic E-state index is 2.80. The minimum Gasteiger partial charge on any atom is -0.334 e. The molecule has 0 N–H and O–H groups in total. The Kier molecular flexibility index (Phi) is 9.93. The van der Waals surface area contributed by atoms with E-state index in [-0.39, 0.29) is 38.0 Å². The zero-order chi connectivity index (χ0) is 48.2. The van der Waals surface area contributed by atoms with Crippen molar-refractivity contribution in [1.29, 1.82) is 0 Å². The van der Waals surface area contributed by atoms with E-state index in [9.17, 15) is 0 Å². The molecule has 2 unspecified atom stereocenters. The van der Waals surface area contributed by atoms with Gasteiger partial charge in [0, 0.05) is 38.3 Å². The highest BCUT2D eigenvalue weighted by atomic mass is 15.3. The molecule has 10 rings (SSSR count). The lowest BCUT2D eigenvalue weighted by molar-refractivity contribution is 0.195. The summed E-state index contributed by atoms with van der Waals surface area (Å²) < 4.78 is 5.17. The fraction of sp³-hybridized carbons (Fsp3) is 0.438. The molecule has 3 heterocycles. The second-order valence-corrected chi connectivity index (χ2v) is 26.4. The Morgan fingerprint density at radius 1 is 0.358 bits per heavy atom. The monoisotopic (exact) mass is 888 g/mol. The predicted molar refractivity (Wildman–Crippen MR) is 291 cm³/mol. The van der Waals surface area contributed by atoms with Crippen LogP contribution in [0.5, 0.6) is 0 Å². The van der Waals surface area contributed by atoms with Crippen LogP contribution in [0.15, 0.2) is 109 Å². The maximum Gasteiger partial charge on any atom is 0.0541 e. The SMILES string of the molecule is CC(C)(C)c1ccc2c(c1)C1(C)CCCCC1(C)N2c1cc(-n2c3ccc(C(C)(C)C)cc3c3cc(C(C)(C)C)ccc32)cc(-n2c3ccc(C(C)(C)C)cc3c3cc(C(C)(C)C)ccc32)c1. The van der Waals surface area contributed by atoms with Gasteiger partial charge in [0.25, 0.3) is 0 Å². The Hall–Kier alpha value is -5.28. The molecule has 1 saturated carbocycles. The molecule has 0 spiro atoms. The van der Waals surface area contributed by atoms with Crippen molar-refractivity contribution in [1.82, 2.24) is 9.13 Å². The number of nitrogens with zero attached hydrogens (tertiary/aromatic N) is 3. The Morgan fingerprint density at radius 3 is 1.03 bits per heavy atom. The van der Waals surface area contributed by atoms with Crippen LogP contribution in [0.2, 0.25) is 0 Å². The topological polar surface area (TPSA) is 13.1 Å². The molecule has 3 heteroatoms. The Morgan fingerprint density at radius 2 is 0.672 bits per heavy atom. The van der Waals surface area contributed by atoms with Gasteiger partial charge in [0.2, 0.25) is 0 Å². The first-order valence-corrected chi connectivity index (χ1v) is 25.4. The van der Waals surface area contributed by atoms with Gasteiger partial charge in [0.15, 0.2) is 0 Å². The average Bonchev–Trinajstić information content (AvgIpc) is 3.82. The lowest BCUT2D eigenvalue weighted by Crippen LogP contribution is -2.54. The van der Waals surface area contributed by atoms with Gasteiger partial charge in [0.1, 0.15) is 0 Å². The number of benzene rings is 6. The second-order valence-electron chi connectivity index (χ2n) is 26.4. The van der Waals surface area contributed by atoms with E-state index in [0.717, 1.165) is 6.42 Å². The third-order valence-electron chi connectivity index (χ3n) is 16.6. The van der Waals surface area contributed by atoms with Gasteiger partial charge in [-0.15, -0.1) is 0 Å². The van der Waals surface area contributed by atoms with Crippen molar-refractivity contribution in [2.75, 3.05) is 4.90 Å². The molecule has 1 aliphatic carbocycles. The van der Waals surface area contributed by atoms with Crippen LogP contribution >= 0.6 is 0 Å². The van der Waals surface area contributed by atoms with Gasteiger partial charge in [-0.3, -0.25) is 0 Å². The summed E-state index contributed by atoms with van der Waals surface area (Å²) in [5, 5.41) is 5.26. The Bertz CT molecular complexity index is 2980. The molecule has 348 valence electrons. The third-order valence-corrected chi connectivity index (χ3v) is 16.6. The highest BCUT2D eigenvalue weighted by Crippen LogP contribution is 2.61. The number of rotatable bonds is 3. The van der Waals surface area contributed by atoms with Crippen molar-refractivity contribution >= 4 is 55.0 Å². The first-order valence-electron chi connectivity index (χ1n) is 25.4. The molecule has 0 saturated heterocycles. The quantitative estimate of drug-likeness (QED) is 0.172. The van der Waals surface area contributed by atoms with Crippen LogP contribution in [0, 0.1) is 0 Å². The molecule has 2 aromatic heterocycles.